The molecule has 0 saturated heterocycles. The van der Waals surface area contributed by atoms with Crippen molar-refractivity contribution in [2.75, 3.05) is 13.2 Å². The topological polar surface area (TPSA) is 144 Å². The number of benzene rings is 1. The van der Waals surface area contributed by atoms with Crippen molar-refractivity contribution in [1.29, 1.82) is 0 Å². The summed E-state index contributed by atoms with van der Waals surface area (Å²) < 4.78 is 10.5. The summed E-state index contributed by atoms with van der Waals surface area (Å²) in [5.41, 5.74) is 0.493. The first kappa shape index (κ1) is 22.9. The van der Waals surface area contributed by atoms with E-state index in [1.54, 1.807) is 12.1 Å². The van der Waals surface area contributed by atoms with Crippen LogP contribution in [-0.2, 0) is 14.3 Å². The minimum Gasteiger partial charge on any atom is -0.467 e. The van der Waals surface area contributed by atoms with Crippen LogP contribution in [0, 0.1) is 10.1 Å². The van der Waals surface area contributed by atoms with Gasteiger partial charge < -0.3 is 14.5 Å². The molecule has 0 radical (unpaired) electrons. The molecule has 1 N–H and O–H groups in total. The zero-order valence-electron chi connectivity index (χ0n) is 17.6. The Balaban J connectivity index is 1.33. The monoisotopic (exact) mass is 482 g/mol. The standard InChI is InChI=1S/C22H18N4O7S/c27-20(13-33-21(28)12-23-22(29)14-4-1-5-15(10-14)26(30)31)25-17(18-6-2-8-32-18)11-16(24-25)19-7-3-9-34-19/h1-10,17H,11-13H2,(H,23,29). The van der Waals surface area contributed by atoms with E-state index in [4.69, 9.17) is 9.15 Å². The Morgan fingerprint density at radius 3 is 2.79 bits per heavy atom. The van der Waals surface area contributed by atoms with Gasteiger partial charge in [0.2, 0.25) is 0 Å². The minimum atomic E-state index is -0.844. The first-order chi connectivity index (χ1) is 16.4. The summed E-state index contributed by atoms with van der Waals surface area (Å²) in [5, 5.41) is 20.7. The highest BCUT2D eigenvalue weighted by atomic mass is 32.1. The van der Waals surface area contributed by atoms with E-state index in [-0.39, 0.29) is 11.3 Å². The highest BCUT2D eigenvalue weighted by Gasteiger charge is 2.35. The maximum absolute atomic E-state index is 12.8. The average Bonchev–Trinajstić information content (AvgIpc) is 3.61. The third-order valence-corrected chi connectivity index (χ3v) is 5.83. The molecule has 12 heteroatoms. The lowest BCUT2D eigenvalue weighted by Gasteiger charge is -2.19. The van der Waals surface area contributed by atoms with Crippen LogP contribution in [0.4, 0.5) is 5.69 Å². The predicted octanol–water partition coefficient (Wildman–Crippen LogP) is 2.90. The van der Waals surface area contributed by atoms with Crippen molar-refractivity contribution in [1.82, 2.24) is 10.3 Å². The first-order valence-corrected chi connectivity index (χ1v) is 11.0. The van der Waals surface area contributed by atoms with Crippen molar-refractivity contribution in [2.45, 2.75) is 12.5 Å². The molecule has 2 amide bonds. The van der Waals surface area contributed by atoms with E-state index < -0.39 is 41.9 Å². The number of esters is 1. The van der Waals surface area contributed by atoms with Crippen LogP contribution in [-0.4, -0.2) is 46.6 Å². The molecule has 4 rings (SSSR count). The molecule has 3 heterocycles. The van der Waals surface area contributed by atoms with Crippen molar-refractivity contribution < 1.29 is 28.5 Å². The van der Waals surface area contributed by atoms with Gasteiger partial charge in [-0.05, 0) is 29.6 Å². The number of nitro groups is 1. The number of thiophene rings is 1. The van der Waals surface area contributed by atoms with Gasteiger partial charge in [-0.3, -0.25) is 24.5 Å². The molecule has 0 saturated carbocycles. The largest absolute Gasteiger partial charge is 0.467 e. The molecule has 3 aromatic rings. The third kappa shape index (κ3) is 5.18. The highest BCUT2D eigenvalue weighted by Crippen LogP contribution is 2.34. The maximum atomic E-state index is 12.8. The lowest BCUT2D eigenvalue weighted by molar-refractivity contribution is -0.384. The van der Waals surface area contributed by atoms with Crippen LogP contribution in [0.3, 0.4) is 0 Å². The molecule has 0 bridgehead atoms. The predicted molar refractivity (Wildman–Crippen MR) is 120 cm³/mol. The Labute approximate surface area is 196 Å². The number of nitrogens with zero attached hydrogens (tertiary/aromatic N) is 3. The van der Waals surface area contributed by atoms with E-state index in [9.17, 15) is 24.5 Å². The van der Waals surface area contributed by atoms with E-state index >= 15 is 0 Å². The second kappa shape index (κ2) is 10.1. The number of rotatable bonds is 8. The van der Waals surface area contributed by atoms with E-state index in [0.29, 0.717) is 12.2 Å². The number of carbonyl (C=O) groups is 3. The molecule has 1 atom stereocenters. The van der Waals surface area contributed by atoms with Crippen LogP contribution in [0.1, 0.15) is 33.5 Å². The average molecular weight is 482 g/mol. The Bertz CT molecular complexity index is 1240. The number of furan rings is 1. The molecule has 0 fully saturated rings. The van der Waals surface area contributed by atoms with Crippen molar-refractivity contribution in [2.24, 2.45) is 5.10 Å². The fourth-order valence-electron chi connectivity index (χ4n) is 3.31. The summed E-state index contributed by atoms with van der Waals surface area (Å²) in [6.07, 6.45) is 1.96. The van der Waals surface area contributed by atoms with Gasteiger partial charge in [0, 0.05) is 24.1 Å². The fraction of sp³-hybridized carbons (Fsp3) is 0.182. The smallest absolute Gasteiger partial charge is 0.325 e. The molecule has 1 unspecified atom stereocenters. The van der Waals surface area contributed by atoms with Crippen molar-refractivity contribution in [3.8, 4) is 0 Å². The molecule has 34 heavy (non-hydrogen) atoms. The summed E-state index contributed by atoms with van der Waals surface area (Å²) in [7, 11) is 0. The number of carbonyl (C=O) groups excluding carboxylic acids is 3. The lowest BCUT2D eigenvalue weighted by atomic mass is 10.1. The van der Waals surface area contributed by atoms with Gasteiger partial charge in [-0.1, -0.05) is 12.1 Å². The summed E-state index contributed by atoms with van der Waals surface area (Å²) in [6, 6.07) is 11.9. The van der Waals surface area contributed by atoms with E-state index in [1.165, 1.54) is 40.8 Å². The maximum Gasteiger partial charge on any atom is 0.325 e. The number of hydrogen-bond donors (Lipinski definition) is 1. The van der Waals surface area contributed by atoms with Gasteiger partial charge in [0.1, 0.15) is 18.3 Å². The van der Waals surface area contributed by atoms with Crippen molar-refractivity contribution in [3.05, 3.63) is 86.5 Å². The SMILES string of the molecule is O=C(CNC(=O)c1cccc([N+](=O)[O-])c1)OCC(=O)N1N=C(c2cccs2)CC1c1ccco1. The molecule has 11 nitrogen and oxygen atoms in total. The summed E-state index contributed by atoms with van der Waals surface area (Å²) in [4.78, 5) is 48.1. The zero-order chi connectivity index (χ0) is 24.1. The first-order valence-electron chi connectivity index (χ1n) is 10.1. The summed E-state index contributed by atoms with van der Waals surface area (Å²) >= 11 is 1.50. The molecule has 2 aromatic heterocycles. The van der Waals surface area contributed by atoms with Crippen LogP contribution in [0.2, 0.25) is 0 Å². The molecule has 174 valence electrons. The molecule has 1 aliphatic rings. The van der Waals surface area contributed by atoms with Crippen LogP contribution >= 0.6 is 11.3 Å². The van der Waals surface area contributed by atoms with Crippen LogP contribution < -0.4 is 5.32 Å². The van der Waals surface area contributed by atoms with Crippen LogP contribution in [0.25, 0.3) is 0 Å². The van der Waals surface area contributed by atoms with Gasteiger partial charge in [-0.2, -0.15) is 5.10 Å². The van der Waals surface area contributed by atoms with Crippen molar-refractivity contribution >= 4 is 40.5 Å². The Morgan fingerprint density at radius 1 is 1.24 bits per heavy atom. The van der Waals surface area contributed by atoms with Gasteiger partial charge in [0.05, 0.1) is 21.8 Å². The van der Waals surface area contributed by atoms with Gasteiger partial charge in [0.25, 0.3) is 17.5 Å². The number of ether oxygens (including phenoxy) is 1. The Morgan fingerprint density at radius 2 is 2.09 bits per heavy atom. The number of non-ortho nitro benzene ring substituents is 1. The second-order valence-electron chi connectivity index (χ2n) is 7.15. The molecular formula is C22H18N4O7S. The minimum absolute atomic E-state index is 0.0203. The van der Waals surface area contributed by atoms with Crippen LogP contribution in [0.15, 0.2) is 69.7 Å². The number of amides is 2. The molecule has 0 spiro atoms. The number of nitrogens with one attached hydrogen (secondary N) is 1. The van der Waals surface area contributed by atoms with E-state index in [0.717, 1.165) is 16.7 Å². The number of hydrazone groups is 1. The molecule has 0 aliphatic carbocycles. The van der Waals surface area contributed by atoms with Gasteiger partial charge in [0.15, 0.2) is 6.61 Å². The Kier molecular flexibility index (Phi) is 6.78. The van der Waals surface area contributed by atoms with E-state index in [2.05, 4.69) is 10.4 Å². The molecule has 1 aromatic carbocycles. The molecular weight excluding hydrogens is 464 g/mol. The van der Waals surface area contributed by atoms with Gasteiger partial charge in [-0.15, -0.1) is 11.3 Å². The Hall–Kier alpha value is -4.32. The van der Waals surface area contributed by atoms with Crippen LogP contribution in [0.5, 0.6) is 0 Å². The third-order valence-electron chi connectivity index (χ3n) is 4.91. The normalized spacial score (nSPS) is 15.0. The summed E-state index contributed by atoms with van der Waals surface area (Å²) in [6.45, 7) is -1.09. The second-order valence-corrected chi connectivity index (χ2v) is 8.10. The molecule has 1 aliphatic heterocycles. The lowest BCUT2D eigenvalue weighted by Crippen LogP contribution is -2.34. The quantitative estimate of drug-likeness (QED) is 0.295. The van der Waals surface area contributed by atoms with Gasteiger partial charge in [-0.25, -0.2) is 5.01 Å². The number of nitro benzene ring substituents is 1. The number of hydrogen-bond acceptors (Lipinski definition) is 9. The van der Waals surface area contributed by atoms with E-state index in [1.807, 2.05) is 17.5 Å². The van der Waals surface area contributed by atoms with Crippen molar-refractivity contribution in [3.63, 3.8) is 0 Å². The highest BCUT2D eigenvalue weighted by molar-refractivity contribution is 7.12. The van der Waals surface area contributed by atoms with Gasteiger partial charge >= 0.3 is 5.97 Å². The summed E-state index contributed by atoms with van der Waals surface area (Å²) in [5.74, 6) is -1.52. The zero-order valence-corrected chi connectivity index (χ0v) is 18.4. The fourth-order valence-corrected chi connectivity index (χ4v) is 4.03.